The van der Waals surface area contributed by atoms with Gasteiger partial charge in [0.2, 0.25) is 0 Å². The molecule has 0 N–H and O–H groups in total. The fourth-order valence-corrected chi connectivity index (χ4v) is 5.17. The maximum atomic E-state index is 11.5. The fourth-order valence-electron chi connectivity index (χ4n) is 3.07. The van der Waals surface area contributed by atoms with Crippen LogP contribution in [0.4, 0.5) is 5.69 Å². The number of aromatic nitrogens is 1. The molecule has 1 atom stereocenters. The molecule has 23 heavy (non-hydrogen) atoms. The average molecular weight is 348 g/mol. The van der Waals surface area contributed by atoms with Crippen molar-refractivity contribution in [2.24, 2.45) is 0 Å². The van der Waals surface area contributed by atoms with E-state index in [0.29, 0.717) is 5.92 Å². The van der Waals surface area contributed by atoms with Crippen molar-refractivity contribution >= 4 is 27.8 Å². The van der Waals surface area contributed by atoms with Gasteiger partial charge in [0, 0.05) is 59.8 Å². The fraction of sp³-hybridized carbons (Fsp3) is 0.471. The molecular formula is C17H20N2O2S2. The number of thiazole rings is 1. The molecule has 2 aliphatic rings. The van der Waals surface area contributed by atoms with Gasteiger partial charge in [0.1, 0.15) is 0 Å². The Kier molecular flexibility index (Phi) is 4.46. The average Bonchev–Trinajstić information content (AvgIpc) is 3.27. The number of ether oxygens (including phenoxy) is 1. The number of hydrogen-bond acceptors (Lipinski definition) is 5. The van der Waals surface area contributed by atoms with Crippen molar-refractivity contribution in [1.82, 2.24) is 4.98 Å². The van der Waals surface area contributed by atoms with Gasteiger partial charge in [-0.15, -0.1) is 11.3 Å². The molecule has 2 aliphatic heterocycles. The van der Waals surface area contributed by atoms with E-state index in [9.17, 15) is 4.21 Å². The molecule has 2 fully saturated rings. The molecule has 0 amide bonds. The van der Waals surface area contributed by atoms with Gasteiger partial charge in [-0.25, -0.2) is 4.98 Å². The summed E-state index contributed by atoms with van der Waals surface area (Å²) in [4.78, 5) is 8.13. The van der Waals surface area contributed by atoms with E-state index in [-0.39, 0.29) is 0 Å². The maximum absolute atomic E-state index is 11.5. The smallest absolute Gasteiger partial charge is 0.0986 e. The highest BCUT2D eigenvalue weighted by Gasteiger charge is 2.21. The Morgan fingerprint density at radius 2 is 2.00 bits per heavy atom. The van der Waals surface area contributed by atoms with Crippen LogP contribution in [0.15, 0.2) is 30.5 Å². The SMILES string of the molecule is O=S1CCN(c2ccc(-c3cnc(C4CCOC4)s3)cc2)CC1. The van der Waals surface area contributed by atoms with Crippen molar-refractivity contribution in [3.8, 4) is 10.4 Å². The molecule has 0 bridgehead atoms. The van der Waals surface area contributed by atoms with Crippen molar-refractivity contribution < 1.29 is 8.95 Å². The third-order valence-electron chi connectivity index (χ3n) is 4.50. The van der Waals surface area contributed by atoms with Gasteiger partial charge in [-0.1, -0.05) is 12.1 Å². The predicted molar refractivity (Wildman–Crippen MR) is 95.8 cm³/mol. The zero-order valence-electron chi connectivity index (χ0n) is 12.9. The van der Waals surface area contributed by atoms with Crippen molar-refractivity contribution in [2.75, 3.05) is 42.7 Å². The van der Waals surface area contributed by atoms with E-state index in [4.69, 9.17) is 4.74 Å². The van der Waals surface area contributed by atoms with Gasteiger partial charge in [0.25, 0.3) is 0 Å². The molecule has 0 radical (unpaired) electrons. The highest BCUT2D eigenvalue weighted by atomic mass is 32.2. The Labute approximate surface area is 143 Å². The molecule has 4 nitrogen and oxygen atoms in total. The van der Waals surface area contributed by atoms with Gasteiger partial charge in [0.05, 0.1) is 16.5 Å². The summed E-state index contributed by atoms with van der Waals surface area (Å²) in [7, 11) is -0.626. The minimum Gasteiger partial charge on any atom is -0.381 e. The molecule has 0 saturated carbocycles. The second-order valence-corrected chi connectivity index (χ2v) is 8.76. The summed E-state index contributed by atoms with van der Waals surface area (Å²) in [6.07, 6.45) is 3.07. The van der Waals surface area contributed by atoms with Crippen LogP contribution >= 0.6 is 11.3 Å². The lowest BCUT2D eigenvalue weighted by atomic mass is 10.1. The number of nitrogens with zero attached hydrogens (tertiary/aromatic N) is 2. The zero-order valence-corrected chi connectivity index (χ0v) is 14.6. The summed E-state index contributed by atoms with van der Waals surface area (Å²) in [5.41, 5.74) is 2.44. The molecular weight excluding hydrogens is 328 g/mol. The van der Waals surface area contributed by atoms with E-state index in [1.54, 1.807) is 11.3 Å². The molecule has 122 valence electrons. The lowest BCUT2D eigenvalue weighted by Gasteiger charge is -2.28. The summed E-state index contributed by atoms with van der Waals surface area (Å²) < 4.78 is 16.9. The minimum atomic E-state index is -0.626. The molecule has 0 spiro atoms. The molecule has 1 aromatic heterocycles. The molecule has 6 heteroatoms. The Morgan fingerprint density at radius 3 is 2.70 bits per heavy atom. The van der Waals surface area contributed by atoms with E-state index in [0.717, 1.165) is 44.2 Å². The van der Waals surface area contributed by atoms with Gasteiger partial charge in [-0.2, -0.15) is 0 Å². The molecule has 1 aromatic carbocycles. The minimum absolute atomic E-state index is 0.474. The highest BCUT2D eigenvalue weighted by Crippen LogP contribution is 2.34. The van der Waals surface area contributed by atoms with Crippen LogP contribution in [0.25, 0.3) is 10.4 Å². The van der Waals surface area contributed by atoms with Gasteiger partial charge >= 0.3 is 0 Å². The second kappa shape index (κ2) is 6.71. The van der Waals surface area contributed by atoms with Crippen molar-refractivity contribution in [3.05, 3.63) is 35.5 Å². The van der Waals surface area contributed by atoms with Crippen LogP contribution < -0.4 is 4.90 Å². The first-order valence-corrected chi connectivity index (χ1v) is 10.3. The van der Waals surface area contributed by atoms with Gasteiger partial charge in [0.15, 0.2) is 0 Å². The maximum Gasteiger partial charge on any atom is 0.0986 e. The van der Waals surface area contributed by atoms with Gasteiger partial charge in [-0.05, 0) is 24.1 Å². The highest BCUT2D eigenvalue weighted by molar-refractivity contribution is 7.85. The number of benzene rings is 1. The summed E-state index contributed by atoms with van der Waals surface area (Å²) in [5.74, 6) is 2.04. The summed E-state index contributed by atoms with van der Waals surface area (Å²) in [6, 6.07) is 8.68. The van der Waals surface area contributed by atoms with Crippen molar-refractivity contribution in [1.29, 1.82) is 0 Å². The Balaban J connectivity index is 1.48. The summed E-state index contributed by atoms with van der Waals surface area (Å²) >= 11 is 1.78. The van der Waals surface area contributed by atoms with Gasteiger partial charge in [-0.3, -0.25) is 4.21 Å². The number of hydrogen-bond donors (Lipinski definition) is 0. The van der Waals surface area contributed by atoms with Crippen LogP contribution in [0.3, 0.4) is 0 Å². The lowest BCUT2D eigenvalue weighted by Crippen LogP contribution is -2.37. The van der Waals surface area contributed by atoms with Crippen LogP contribution in [-0.2, 0) is 15.5 Å². The normalized spacial score (nSPS) is 22.6. The number of rotatable bonds is 3. The second-order valence-electron chi connectivity index (χ2n) is 6.01. The molecule has 4 rings (SSSR count). The summed E-state index contributed by atoms with van der Waals surface area (Å²) in [6.45, 7) is 3.44. The number of anilines is 1. The van der Waals surface area contributed by atoms with E-state index in [1.165, 1.54) is 21.1 Å². The zero-order chi connectivity index (χ0) is 15.6. The third-order valence-corrected chi connectivity index (χ3v) is 6.98. The van der Waals surface area contributed by atoms with E-state index < -0.39 is 10.8 Å². The van der Waals surface area contributed by atoms with Crippen LogP contribution in [0.1, 0.15) is 17.3 Å². The van der Waals surface area contributed by atoms with Crippen LogP contribution in [0, 0.1) is 0 Å². The van der Waals surface area contributed by atoms with E-state index >= 15 is 0 Å². The molecule has 2 saturated heterocycles. The molecule has 2 aromatic rings. The third kappa shape index (κ3) is 3.34. The first-order chi connectivity index (χ1) is 11.3. The Bertz CT molecular complexity index is 683. The van der Waals surface area contributed by atoms with Crippen LogP contribution in [0.2, 0.25) is 0 Å². The van der Waals surface area contributed by atoms with Crippen molar-refractivity contribution in [3.63, 3.8) is 0 Å². The summed E-state index contributed by atoms with van der Waals surface area (Å²) in [5, 5.41) is 1.19. The largest absolute Gasteiger partial charge is 0.381 e. The topological polar surface area (TPSA) is 42.4 Å². The Hall–Kier alpha value is -1.24. The first kappa shape index (κ1) is 15.3. The monoisotopic (exact) mass is 348 g/mol. The molecule has 1 unspecified atom stereocenters. The standard InChI is InChI=1S/C17H20N2O2S2/c20-23-9-6-19(7-10-23)15-3-1-13(2-4-15)16-11-18-17(22-16)14-5-8-21-12-14/h1-4,11,14H,5-10,12H2. The van der Waals surface area contributed by atoms with Crippen LogP contribution in [-0.4, -0.2) is 47.0 Å². The lowest BCUT2D eigenvalue weighted by molar-refractivity contribution is 0.194. The molecule has 3 heterocycles. The first-order valence-electron chi connectivity index (χ1n) is 8.03. The molecule has 0 aliphatic carbocycles. The van der Waals surface area contributed by atoms with E-state index in [2.05, 4.69) is 34.1 Å². The van der Waals surface area contributed by atoms with Crippen molar-refractivity contribution in [2.45, 2.75) is 12.3 Å². The quantitative estimate of drug-likeness (QED) is 0.855. The van der Waals surface area contributed by atoms with Crippen LogP contribution in [0.5, 0.6) is 0 Å². The van der Waals surface area contributed by atoms with E-state index in [1.807, 2.05) is 6.20 Å². The van der Waals surface area contributed by atoms with Gasteiger partial charge < -0.3 is 9.64 Å². The predicted octanol–water partition coefficient (Wildman–Crippen LogP) is 2.88. The Morgan fingerprint density at radius 1 is 1.22 bits per heavy atom.